The Morgan fingerprint density at radius 3 is 2.62 bits per heavy atom. The minimum absolute atomic E-state index is 0.0873. The van der Waals surface area contributed by atoms with Crippen LogP contribution >= 0.6 is 0 Å². The first-order chi connectivity index (χ1) is 15.3. The zero-order chi connectivity index (χ0) is 22.7. The molecule has 5 atom stereocenters. The largest absolute Gasteiger partial charge is 0.416 e. The maximum absolute atomic E-state index is 13.4. The molecular weight excluding hydrogens is 411 g/mol. The van der Waals surface area contributed by atoms with Crippen LogP contribution in [0.3, 0.4) is 0 Å². The highest BCUT2D eigenvalue weighted by Gasteiger charge is 2.39. The summed E-state index contributed by atoms with van der Waals surface area (Å²) < 4.78 is 40.1. The monoisotopic (exact) mass is 447 g/mol. The van der Waals surface area contributed by atoms with Gasteiger partial charge in [-0.2, -0.15) is 13.2 Å². The lowest BCUT2D eigenvalue weighted by Crippen LogP contribution is -2.45. The quantitative estimate of drug-likeness (QED) is 0.588. The molecule has 4 rings (SSSR count). The fourth-order valence-corrected chi connectivity index (χ4v) is 5.70. The van der Waals surface area contributed by atoms with Gasteiger partial charge in [0.2, 0.25) is 0 Å². The van der Waals surface area contributed by atoms with Crippen LogP contribution in [0, 0.1) is 17.8 Å². The smallest absolute Gasteiger partial charge is 0.381 e. The number of alkyl halides is 3. The number of allylic oxidation sites excluding steroid dienone is 3. The van der Waals surface area contributed by atoms with E-state index < -0.39 is 11.7 Å². The molecule has 2 unspecified atom stereocenters. The summed E-state index contributed by atoms with van der Waals surface area (Å²) in [6.07, 6.45) is 7.43. The molecule has 1 saturated heterocycles. The molecule has 0 spiro atoms. The van der Waals surface area contributed by atoms with Crippen molar-refractivity contribution in [3.63, 3.8) is 0 Å². The van der Waals surface area contributed by atoms with E-state index in [1.54, 1.807) is 6.07 Å². The zero-order valence-electron chi connectivity index (χ0n) is 19.2. The molecule has 176 valence electrons. The Bertz CT molecular complexity index is 826. The third-order valence-electron chi connectivity index (χ3n) is 7.54. The molecule has 0 radical (unpaired) electrons. The summed E-state index contributed by atoms with van der Waals surface area (Å²) >= 11 is 0. The molecule has 0 amide bonds. The normalized spacial score (nSPS) is 29.4. The van der Waals surface area contributed by atoms with E-state index in [0.29, 0.717) is 17.8 Å². The molecule has 3 nitrogen and oxygen atoms in total. The Morgan fingerprint density at radius 2 is 1.94 bits per heavy atom. The van der Waals surface area contributed by atoms with Gasteiger partial charge < -0.3 is 15.5 Å². The van der Waals surface area contributed by atoms with Crippen molar-refractivity contribution in [2.45, 2.75) is 51.2 Å². The number of benzene rings is 1. The Morgan fingerprint density at radius 1 is 1.16 bits per heavy atom. The fourth-order valence-electron chi connectivity index (χ4n) is 5.70. The second kappa shape index (κ2) is 10.0. The molecule has 1 aliphatic carbocycles. The number of hydrogen-bond acceptors (Lipinski definition) is 3. The molecule has 2 N–H and O–H groups in total. The van der Waals surface area contributed by atoms with Crippen molar-refractivity contribution in [1.82, 2.24) is 10.2 Å². The van der Waals surface area contributed by atoms with Crippen LogP contribution in [0.5, 0.6) is 0 Å². The van der Waals surface area contributed by atoms with Crippen molar-refractivity contribution in [3.8, 4) is 0 Å². The molecule has 2 heterocycles. The van der Waals surface area contributed by atoms with Gasteiger partial charge in [0.05, 0.1) is 5.56 Å². The lowest BCUT2D eigenvalue weighted by molar-refractivity contribution is -0.137. The van der Waals surface area contributed by atoms with Gasteiger partial charge in [0.25, 0.3) is 0 Å². The van der Waals surface area contributed by atoms with E-state index in [-0.39, 0.29) is 12.0 Å². The minimum Gasteiger partial charge on any atom is -0.381 e. The predicted molar refractivity (Wildman–Crippen MR) is 125 cm³/mol. The average Bonchev–Trinajstić information content (AvgIpc) is 2.78. The van der Waals surface area contributed by atoms with Gasteiger partial charge in [-0.1, -0.05) is 38.2 Å². The highest BCUT2D eigenvalue weighted by atomic mass is 19.4. The summed E-state index contributed by atoms with van der Waals surface area (Å²) in [4.78, 5) is 2.53. The van der Waals surface area contributed by atoms with Crippen LogP contribution in [0.4, 0.5) is 18.9 Å². The molecule has 6 heteroatoms. The van der Waals surface area contributed by atoms with E-state index in [4.69, 9.17) is 0 Å². The van der Waals surface area contributed by atoms with Gasteiger partial charge in [-0.05, 0) is 60.8 Å². The Kier molecular flexibility index (Phi) is 7.30. The van der Waals surface area contributed by atoms with E-state index in [1.807, 2.05) is 0 Å². The third kappa shape index (κ3) is 5.40. The van der Waals surface area contributed by atoms with Gasteiger partial charge in [-0.3, -0.25) is 0 Å². The molecule has 1 aromatic carbocycles. The van der Waals surface area contributed by atoms with Crippen molar-refractivity contribution in [3.05, 3.63) is 53.6 Å². The van der Waals surface area contributed by atoms with Gasteiger partial charge in [-0.15, -0.1) is 0 Å². The second-order valence-corrected chi connectivity index (χ2v) is 9.87. The lowest BCUT2D eigenvalue weighted by Gasteiger charge is -2.43. The predicted octanol–water partition coefficient (Wildman–Crippen LogP) is 5.67. The van der Waals surface area contributed by atoms with Gasteiger partial charge in [-0.25, -0.2) is 0 Å². The maximum Gasteiger partial charge on any atom is 0.416 e. The topological polar surface area (TPSA) is 27.3 Å². The summed E-state index contributed by atoms with van der Waals surface area (Å²) in [5.74, 6) is 1.33. The Hall–Kier alpha value is -1.79. The Balaban J connectivity index is 1.51. The number of fused-ring (bicyclic) bond motifs is 1. The van der Waals surface area contributed by atoms with Gasteiger partial charge in [0, 0.05) is 50.4 Å². The molecule has 1 aromatic rings. The highest BCUT2D eigenvalue weighted by Crippen LogP contribution is 2.45. The van der Waals surface area contributed by atoms with E-state index in [2.05, 4.69) is 53.7 Å². The van der Waals surface area contributed by atoms with Crippen LogP contribution in [0.1, 0.15) is 50.2 Å². The summed E-state index contributed by atoms with van der Waals surface area (Å²) in [6.45, 7) is 9.85. The first kappa shape index (κ1) is 23.4. The number of anilines is 1. The van der Waals surface area contributed by atoms with Crippen LogP contribution < -0.4 is 10.6 Å². The highest BCUT2D eigenvalue weighted by molar-refractivity contribution is 5.58. The fraction of sp³-hybridized carbons (Fsp3) is 0.615. The van der Waals surface area contributed by atoms with Crippen LogP contribution in [0.15, 0.2) is 42.5 Å². The van der Waals surface area contributed by atoms with Crippen LogP contribution in [0.2, 0.25) is 0 Å². The van der Waals surface area contributed by atoms with Gasteiger partial charge in [0.15, 0.2) is 0 Å². The standard InChI is InChI=1S/C26H36F3N3/c1-18(17-32-14-12-30-13-15-32)8-10-22-19(2)23-16-21(26(27,28)29)9-11-24(23)31-25(22)20-6-4-3-5-7-20/h3-6,9,11,16,18-20,22,25,30-31H,7-8,10,12-15,17H2,1-2H3/t18-,19?,20?,22-,25+/m1/s1. The minimum atomic E-state index is -4.31. The van der Waals surface area contributed by atoms with E-state index in [0.717, 1.165) is 63.2 Å². The third-order valence-corrected chi connectivity index (χ3v) is 7.54. The van der Waals surface area contributed by atoms with E-state index >= 15 is 0 Å². The Labute approximate surface area is 190 Å². The number of hydrogen-bond donors (Lipinski definition) is 2. The van der Waals surface area contributed by atoms with Crippen molar-refractivity contribution in [1.29, 1.82) is 0 Å². The first-order valence-corrected chi connectivity index (χ1v) is 12.1. The van der Waals surface area contributed by atoms with Crippen LogP contribution in [-0.2, 0) is 6.18 Å². The molecule has 1 fully saturated rings. The van der Waals surface area contributed by atoms with E-state index in [1.165, 1.54) is 12.1 Å². The first-order valence-electron chi connectivity index (χ1n) is 12.1. The maximum atomic E-state index is 13.4. The van der Waals surface area contributed by atoms with E-state index in [9.17, 15) is 13.2 Å². The summed E-state index contributed by atoms with van der Waals surface area (Å²) in [7, 11) is 0. The summed E-state index contributed by atoms with van der Waals surface area (Å²) in [5.41, 5.74) is 1.13. The summed E-state index contributed by atoms with van der Waals surface area (Å²) in [6, 6.07) is 4.45. The van der Waals surface area contributed by atoms with Gasteiger partial charge >= 0.3 is 6.18 Å². The lowest BCUT2D eigenvalue weighted by atomic mass is 9.70. The van der Waals surface area contributed by atoms with Crippen LogP contribution in [-0.4, -0.2) is 43.7 Å². The zero-order valence-corrected chi connectivity index (χ0v) is 19.2. The molecule has 32 heavy (non-hydrogen) atoms. The molecular formula is C26H36F3N3. The van der Waals surface area contributed by atoms with Crippen molar-refractivity contribution < 1.29 is 13.2 Å². The number of nitrogens with one attached hydrogen (secondary N) is 2. The molecule has 0 saturated carbocycles. The number of piperazine rings is 1. The number of halogens is 3. The number of rotatable bonds is 6. The average molecular weight is 448 g/mol. The SMILES string of the molecule is CC1c2cc(C(F)(F)F)ccc2N[C@@H](C2C=CC=CC2)[C@@H]1CC[C@@H](C)CN1CCNCC1. The molecule has 0 bridgehead atoms. The molecule has 3 aliphatic rings. The molecule has 0 aromatic heterocycles. The van der Waals surface area contributed by atoms with Gasteiger partial charge in [0.1, 0.15) is 0 Å². The van der Waals surface area contributed by atoms with Crippen molar-refractivity contribution in [2.75, 3.05) is 38.0 Å². The van der Waals surface area contributed by atoms with Crippen LogP contribution in [0.25, 0.3) is 0 Å². The summed E-state index contributed by atoms with van der Waals surface area (Å²) in [5, 5.41) is 7.06. The van der Waals surface area contributed by atoms with Crippen molar-refractivity contribution >= 4 is 5.69 Å². The number of nitrogens with zero attached hydrogens (tertiary/aromatic N) is 1. The molecule has 2 aliphatic heterocycles. The second-order valence-electron chi connectivity index (χ2n) is 9.87. The van der Waals surface area contributed by atoms with Crippen molar-refractivity contribution in [2.24, 2.45) is 17.8 Å².